The van der Waals surface area contributed by atoms with Crippen molar-refractivity contribution in [2.24, 2.45) is 7.05 Å². The van der Waals surface area contributed by atoms with Gasteiger partial charge in [0.2, 0.25) is 0 Å². The molecule has 0 aliphatic heterocycles. The van der Waals surface area contributed by atoms with Crippen molar-refractivity contribution in [3.05, 3.63) is 28.4 Å². The van der Waals surface area contributed by atoms with Gasteiger partial charge < -0.3 is 10.0 Å². The Hall–Kier alpha value is -0.910. The van der Waals surface area contributed by atoms with Gasteiger partial charge in [-0.25, -0.2) is 0 Å². The lowest BCUT2D eigenvalue weighted by Gasteiger charge is -2.15. The average molecular weight is 340 g/mol. The third-order valence-electron chi connectivity index (χ3n) is 3.58. The van der Waals surface area contributed by atoms with E-state index >= 15 is 0 Å². The number of nitrogens with zero attached hydrogens (tertiary/aromatic N) is 3. The highest BCUT2D eigenvalue weighted by molar-refractivity contribution is 9.10. The van der Waals surface area contributed by atoms with Gasteiger partial charge in [0.05, 0.1) is 5.52 Å². The van der Waals surface area contributed by atoms with Gasteiger partial charge in [-0.15, -0.1) is 0 Å². The summed E-state index contributed by atoms with van der Waals surface area (Å²) in [5.74, 6) is 0. The summed E-state index contributed by atoms with van der Waals surface area (Å²) in [6, 6.07) is 6.14. The monoisotopic (exact) mass is 339 g/mol. The van der Waals surface area contributed by atoms with Gasteiger partial charge in [-0.2, -0.15) is 5.10 Å². The summed E-state index contributed by atoms with van der Waals surface area (Å²) in [7, 11) is 4.12. The van der Waals surface area contributed by atoms with Crippen LogP contribution in [-0.2, 0) is 13.5 Å². The zero-order valence-corrected chi connectivity index (χ0v) is 13.7. The zero-order chi connectivity index (χ0) is 14.5. The van der Waals surface area contributed by atoms with Crippen LogP contribution >= 0.6 is 15.9 Å². The Morgan fingerprint density at radius 3 is 2.80 bits per heavy atom. The molecule has 0 fully saturated rings. The van der Waals surface area contributed by atoms with Crippen LogP contribution in [0.1, 0.15) is 18.5 Å². The van der Waals surface area contributed by atoms with Crippen LogP contribution in [-0.4, -0.2) is 46.5 Å². The molecule has 4 nitrogen and oxygen atoms in total. The number of halogens is 1. The van der Waals surface area contributed by atoms with Crippen LogP contribution in [0.2, 0.25) is 0 Å². The maximum atomic E-state index is 8.83. The van der Waals surface area contributed by atoms with Crippen molar-refractivity contribution in [1.82, 2.24) is 14.7 Å². The van der Waals surface area contributed by atoms with E-state index in [4.69, 9.17) is 5.11 Å². The molecule has 0 atom stereocenters. The number of aliphatic hydroxyl groups is 1. The molecule has 0 spiro atoms. The molecule has 0 unspecified atom stereocenters. The molecule has 0 amide bonds. The van der Waals surface area contributed by atoms with E-state index in [0.29, 0.717) is 0 Å². The molecule has 1 heterocycles. The Bertz CT molecular complexity index is 567. The van der Waals surface area contributed by atoms with Crippen molar-refractivity contribution in [3.8, 4) is 0 Å². The molecule has 20 heavy (non-hydrogen) atoms. The molecular formula is C15H22BrN3O. The quantitative estimate of drug-likeness (QED) is 0.842. The summed E-state index contributed by atoms with van der Waals surface area (Å²) in [5, 5.41) is 14.6. The minimum atomic E-state index is 0.268. The van der Waals surface area contributed by atoms with Crippen molar-refractivity contribution in [2.75, 3.05) is 26.7 Å². The summed E-state index contributed by atoms with van der Waals surface area (Å²) in [6.45, 7) is 2.26. The molecule has 0 saturated carbocycles. The zero-order valence-electron chi connectivity index (χ0n) is 12.1. The lowest BCUT2D eigenvalue weighted by molar-refractivity contribution is 0.246. The van der Waals surface area contributed by atoms with Gasteiger partial charge in [0.1, 0.15) is 0 Å². The molecule has 0 aliphatic rings. The van der Waals surface area contributed by atoms with Gasteiger partial charge in [0, 0.05) is 35.8 Å². The lowest BCUT2D eigenvalue weighted by atomic mass is 10.1. The van der Waals surface area contributed by atoms with Gasteiger partial charge >= 0.3 is 0 Å². The third kappa shape index (κ3) is 3.59. The maximum absolute atomic E-state index is 8.83. The highest BCUT2D eigenvalue weighted by Gasteiger charge is 2.11. The van der Waals surface area contributed by atoms with Crippen LogP contribution in [0.5, 0.6) is 0 Å². The summed E-state index contributed by atoms with van der Waals surface area (Å²) < 4.78 is 3.11. The van der Waals surface area contributed by atoms with Crippen LogP contribution < -0.4 is 0 Å². The van der Waals surface area contributed by atoms with Crippen molar-refractivity contribution in [1.29, 1.82) is 0 Å². The molecule has 0 aliphatic carbocycles. The predicted octanol–water partition coefficient (Wildman–Crippen LogP) is 2.58. The molecular weight excluding hydrogens is 318 g/mol. The SMILES string of the molecule is CN(CCCO)CCCc1c2c(Br)cccc2nn1C. The minimum Gasteiger partial charge on any atom is -0.396 e. The Morgan fingerprint density at radius 2 is 2.05 bits per heavy atom. The van der Waals surface area contributed by atoms with Crippen molar-refractivity contribution in [3.63, 3.8) is 0 Å². The van der Waals surface area contributed by atoms with Crippen molar-refractivity contribution >= 4 is 26.8 Å². The third-order valence-corrected chi connectivity index (χ3v) is 4.24. The Kier molecular flexibility index (Phi) is 5.57. The molecule has 5 heteroatoms. The van der Waals surface area contributed by atoms with Crippen LogP contribution in [0.25, 0.3) is 10.9 Å². The molecule has 2 rings (SSSR count). The van der Waals surface area contributed by atoms with E-state index in [1.165, 1.54) is 11.1 Å². The summed E-state index contributed by atoms with van der Waals surface area (Å²) in [5.41, 5.74) is 2.33. The molecule has 0 bridgehead atoms. The maximum Gasteiger partial charge on any atom is 0.0937 e. The molecule has 2 aromatic rings. The Balaban J connectivity index is 2.01. The summed E-state index contributed by atoms with van der Waals surface area (Å²) in [6.07, 6.45) is 2.95. The molecule has 0 saturated heterocycles. The van der Waals surface area contributed by atoms with Gasteiger partial charge in [0.15, 0.2) is 0 Å². The van der Waals surface area contributed by atoms with Crippen molar-refractivity contribution < 1.29 is 5.11 Å². The lowest BCUT2D eigenvalue weighted by Crippen LogP contribution is -2.22. The van der Waals surface area contributed by atoms with Crippen LogP contribution in [0.15, 0.2) is 22.7 Å². The number of benzene rings is 1. The highest BCUT2D eigenvalue weighted by atomic mass is 79.9. The van der Waals surface area contributed by atoms with Crippen LogP contribution in [0, 0.1) is 0 Å². The second-order valence-electron chi connectivity index (χ2n) is 5.19. The van der Waals surface area contributed by atoms with E-state index in [2.05, 4.69) is 45.1 Å². The average Bonchev–Trinajstić information content (AvgIpc) is 2.74. The second kappa shape index (κ2) is 7.20. The van der Waals surface area contributed by atoms with Gasteiger partial charge in [0.25, 0.3) is 0 Å². The van der Waals surface area contributed by atoms with E-state index < -0.39 is 0 Å². The normalized spacial score (nSPS) is 11.7. The number of aromatic nitrogens is 2. The number of fused-ring (bicyclic) bond motifs is 1. The standard InChI is InChI=1S/C15H22BrN3O/c1-18(10-5-11-20)9-4-8-14-15-12(16)6-3-7-13(15)17-19(14)2/h3,6-7,20H,4-5,8-11H2,1-2H3. The van der Waals surface area contributed by atoms with E-state index in [9.17, 15) is 0 Å². The molecule has 110 valence electrons. The molecule has 1 aromatic heterocycles. The fourth-order valence-corrected chi connectivity index (χ4v) is 3.11. The highest BCUT2D eigenvalue weighted by Crippen LogP contribution is 2.27. The van der Waals surface area contributed by atoms with Crippen LogP contribution in [0.3, 0.4) is 0 Å². The van der Waals surface area contributed by atoms with E-state index in [-0.39, 0.29) is 6.61 Å². The predicted molar refractivity (Wildman–Crippen MR) is 85.9 cm³/mol. The number of aryl methyl sites for hydroxylation is 2. The molecule has 0 radical (unpaired) electrons. The smallest absolute Gasteiger partial charge is 0.0937 e. The first-order valence-electron chi connectivity index (χ1n) is 7.03. The van der Waals surface area contributed by atoms with E-state index in [1.54, 1.807) is 0 Å². The first-order valence-corrected chi connectivity index (χ1v) is 7.82. The van der Waals surface area contributed by atoms with E-state index in [1.807, 2.05) is 17.8 Å². The fraction of sp³-hybridized carbons (Fsp3) is 0.533. The van der Waals surface area contributed by atoms with Crippen LogP contribution in [0.4, 0.5) is 0 Å². The number of hydrogen-bond donors (Lipinski definition) is 1. The molecule has 1 aromatic carbocycles. The minimum absolute atomic E-state index is 0.268. The van der Waals surface area contributed by atoms with E-state index in [0.717, 1.165) is 42.3 Å². The first-order chi connectivity index (χ1) is 9.63. The number of aliphatic hydroxyl groups excluding tert-OH is 1. The fourth-order valence-electron chi connectivity index (χ4n) is 2.52. The van der Waals surface area contributed by atoms with Crippen molar-refractivity contribution in [2.45, 2.75) is 19.3 Å². The number of hydrogen-bond acceptors (Lipinski definition) is 3. The first kappa shape index (κ1) is 15.5. The largest absolute Gasteiger partial charge is 0.396 e. The summed E-state index contributed by atoms with van der Waals surface area (Å²) in [4.78, 5) is 2.27. The second-order valence-corrected chi connectivity index (χ2v) is 6.04. The Labute approximate surface area is 128 Å². The Morgan fingerprint density at radius 1 is 1.30 bits per heavy atom. The summed E-state index contributed by atoms with van der Waals surface area (Å²) >= 11 is 3.62. The number of rotatable bonds is 7. The van der Waals surface area contributed by atoms with Gasteiger partial charge in [-0.05, 0) is 45.0 Å². The topological polar surface area (TPSA) is 41.3 Å². The van der Waals surface area contributed by atoms with Gasteiger partial charge in [-0.3, -0.25) is 4.68 Å². The van der Waals surface area contributed by atoms with Gasteiger partial charge in [-0.1, -0.05) is 22.0 Å². The molecule has 1 N–H and O–H groups in total.